The average Bonchev–Trinajstić information content (AvgIpc) is 2.53. The molecule has 0 unspecified atom stereocenters. The van der Waals surface area contributed by atoms with Crippen molar-refractivity contribution < 1.29 is 14.6 Å². The van der Waals surface area contributed by atoms with E-state index < -0.39 is 5.92 Å². The number of carbonyl (C=O) groups excluding carboxylic acids is 1. The first-order valence-electron chi connectivity index (χ1n) is 6.88. The van der Waals surface area contributed by atoms with Crippen molar-refractivity contribution in [3.63, 3.8) is 0 Å². The quantitative estimate of drug-likeness (QED) is 0.583. The highest BCUT2D eigenvalue weighted by molar-refractivity contribution is 7.98. The van der Waals surface area contributed by atoms with Gasteiger partial charge in [-0.3, -0.25) is 9.59 Å². The number of aromatic hydroxyl groups is 1. The summed E-state index contributed by atoms with van der Waals surface area (Å²) in [5.74, 6) is -0.0758. The van der Waals surface area contributed by atoms with Crippen LogP contribution in [0.4, 0.5) is 5.82 Å². The van der Waals surface area contributed by atoms with Crippen molar-refractivity contribution in [2.75, 3.05) is 18.7 Å². The van der Waals surface area contributed by atoms with E-state index in [1.54, 1.807) is 18.4 Å². The number of aromatic amines is 1. The largest absolute Gasteiger partial charge is 0.504 e. The van der Waals surface area contributed by atoms with Crippen LogP contribution in [0.1, 0.15) is 23.5 Å². The number of fused-ring (bicyclic) bond motifs is 1. The molecule has 2 aromatic rings. The maximum Gasteiger partial charge on any atom is 0.257 e. The van der Waals surface area contributed by atoms with E-state index in [4.69, 9.17) is 4.74 Å². The molecular formula is C15H15N3O4S. The van der Waals surface area contributed by atoms with Gasteiger partial charge in [0.2, 0.25) is 5.91 Å². The number of ether oxygens (including phenoxy) is 1. The molecule has 0 saturated carbocycles. The zero-order chi connectivity index (χ0) is 16.6. The van der Waals surface area contributed by atoms with Crippen LogP contribution < -0.4 is 15.6 Å². The van der Waals surface area contributed by atoms with Crippen molar-refractivity contribution in [1.82, 2.24) is 9.97 Å². The summed E-state index contributed by atoms with van der Waals surface area (Å²) in [5, 5.41) is 12.8. The van der Waals surface area contributed by atoms with Crippen LogP contribution in [-0.2, 0) is 4.79 Å². The molecule has 1 aliphatic rings. The number of benzene rings is 1. The Morgan fingerprint density at radius 1 is 1.39 bits per heavy atom. The zero-order valence-corrected chi connectivity index (χ0v) is 13.4. The Morgan fingerprint density at radius 3 is 2.87 bits per heavy atom. The van der Waals surface area contributed by atoms with E-state index >= 15 is 0 Å². The Labute approximate surface area is 136 Å². The Kier molecular flexibility index (Phi) is 3.99. The highest BCUT2D eigenvalue weighted by atomic mass is 32.2. The molecule has 1 aromatic carbocycles. The molecular weight excluding hydrogens is 318 g/mol. The molecule has 0 radical (unpaired) electrons. The standard InChI is InChI=1S/C15H15N3O4S/c1-22-10-5-7(3-4-9(10)19)8-6-11(20)16-13-12(8)14(21)18-15(17-13)23-2/h3-5,8,19H,6H2,1-2H3,(H2,16,17,18,20,21)/t8-/m1/s1. The minimum absolute atomic E-state index is 0.00139. The van der Waals surface area contributed by atoms with Gasteiger partial charge in [0.05, 0.1) is 12.7 Å². The second-order valence-corrected chi connectivity index (χ2v) is 5.87. The van der Waals surface area contributed by atoms with Crippen LogP contribution in [0.5, 0.6) is 11.5 Å². The van der Waals surface area contributed by atoms with Crippen LogP contribution in [-0.4, -0.2) is 34.3 Å². The van der Waals surface area contributed by atoms with Crippen molar-refractivity contribution in [2.45, 2.75) is 17.5 Å². The molecule has 0 saturated heterocycles. The minimum Gasteiger partial charge on any atom is -0.504 e. The molecule has 8 heteroatoms. The van der Waals surface area contributed by atoms with Crippen molar-refractivity contribution in [1.29, 1.82) is 0 Å². The molecule has 2 heterocycles. The number of nitrogens with one attached hydrogen (secondary N) is 2. The molecule has 120 valence electrons. The molecule has 0 aliphatic carbocycles. The van der Waals surface area contributed by atoms with Crippen molar-refractivity contribution in [2.24, 2.45) is 0 Å². The summed E-state index contributed by atoms with van der Waals surface area (Å²) < 4.78 is 5.10. The van der Waals surface area contributed by atoms with E-state index in [-0.39, 0.29) is 29.5 Å². The first-order valence-corrected chi connectivity index (χ1v) is 8.11. The summed E-state index contributed by atoms with van der Waals surface area (Å²) in [6.07, 6.45) is 1.92. The van der Waals surface area contributed by atoms with Crippen molar-refractivity contribution >= 4 is 23.5 Å². The highest BCUT2D eigenvalue weighted by Crippen LogP contribution is 2.37. The van der Waals surface area contributed by atoms with Crippen LogP contribution >= 0.6 is 11.8 Å². The second-order valence-electron chi connectivity index (χ2n) is 5.07. The van der Waals surface area contributed by atoms with Gasteiger partial charge < -0.3 is 20.1 Å². The topological polar surface area (TPSA) is 104 Å². The lowest BCUT2D eigenvalue weighted by molar-refractivity contribution is -0.116. The summed E-state index contributed by atoms with van der Waals surface area (Å²) in [4.78, 5) is 31.4. The summed E-state index contributed by atoms with van der Waals surface area (Å²) in [5.41, 5.74) is 0.839. The number of carbonyl (C=O) groups is 1. The van der Waals surface area contributed by atoms with Crippen LogP contribution in [0.25, 0.3) is 0 Å². The number of nitrogens with zero attached hydrogens (tertiary/aromatic N) is 1. The summed E-state index contributed by atoms with van der Waals surface area (Å²) >= 11 is 1.29. The Hall–Kier alpha value is -2.48. The van der Waals surface area contributed by atoms with Gasteiger partial charge >= 0.3 is 0 Å². The number of phenolic OH excluding ortho intramolecular Hbond substituents is 1. The molecule has 0 bridgehead atoms. The first kappa shape index (κ1) is 15.4. The lowest BCUT2D eigenvalue weighted by Crippen LogP contribution is -2.31. The van der Waals surface area contributed by atoms with E-state index in [0.717, 1.165) is 0 Å². The molecule has 7 nitrogen and oxygen atoms in total. The highest BCUT2D eigenvalue weighted by Gasteiger charge is 2.31. The van der Waals surface area contributed by atoms with Crippen LogP contribution in [0, 0.1) is 0 Å². The van der Waals surface area contributed by atoms with Gasteiger partial charge in [0.15, 0.2) is 16.7 Å². The SMILES string of the molecule is COc1cc([C@H]2CC(=O)Nc3nc(SC)[nH]c(=O)c32)ccc1O. The van der Waals surface area contributed by atoms with Crippen LogP contribution in [0.2, 0.25) is 0 Å². The molecule has 1 aromatic heterocycles. The molecule has 0 fully saturated rings. The fourth-order valence-corrected chi connectivity index (χ4v) is 3.02. The Bertz CT molecular complexity index is 834. The molecule has 3 rings (SSSR count). The van der Waals surface area contributed by atoms with Gasteiger partial charge in [-0.15, -0.1) is 0 Å². The number of hydrogen-bond acceptors (Lipinski definition) is 6. The number of thioether (sulfide) groups is 1. The van der Waals surface area contributed by atoms with E-state index in [2.05, 4.69) is 15.3 Å². The third kappa shape index (κ3) is 2.77. The van der Waals surface area contributed by atoms with Gasteiger partial charge in [-0.2, -0.15) is 0 Å². The molecule has 23 heavy (non-hydrogen) atoms. The minimum atomic E-state index is -0.444. The Morgan fingerprint density at radius 2 is 2.17 bits per heavy atom. The predicted molar refractivity (Wildman–Crippen MR) is 86.4 cm³/mol. The average molecular weight is 333 g/mol. The van der Waals surface area contributed by atoms with Crippen molar-refractivity contribution in [3.8, 4) is 11.5 Å². The van der Waals surface area contributed by atoms with Crippen LogP contribution in [0.3, 0.4) is 0 Å². The summed E-state index contributed by atoms with van der Waals surface area (Å²) in [6, 6.07) is 4.79. The van der Waals surface area contributed by atoms with E-state index in [1.165, 1.54) is 24.9 Å². The van der Waals surface area contributed by atoms with E-state index in [1.807, 2.05) is 0 Å². The predicted octanol–water partition coefficient (Wildman–Crippen LogP) is 1.68. The third-order valence-electron chi connectivity index (χ3n) is 3.73. The monoisotopic (exact) mass is 333 g/mol. The maximum atomic E-state index is 12.4. The third-order valence-corrected chi connectivity index (χ3v) is 4.31. The van der Waals surface area contributed by atoms with E-state index in [9.17, 15) is 14.7 Å². The van der Waals surface area contributed by atoms with Gasteiger partial charge in [0, 0.05) is 12.3 Å². The molecule has 0 spiro atoms. The molecule has 1 amide bonds. The Balaban J connectivity index is 2.16. The smallest absolute Gasteiger partial charge is 0.257 e. The van der Waals surface area contributed by atoms with Gasteiger partial charge in [0.25, 0.3) is 5.56 Å². The van der Waals surface area contributed by atoms with Crippen LogP contribution in [0.15, 0.2) is 28.2 Å². The number of hydrogen-bond donors (Lipinski definition) is 3. The number of aromatic nitrogens is 2. The number of methoxy groups -OCH3 is 1. The van der Waals surface area contributed by atoms with Gasteiger partial charge in [-0.05, 0) is 24.0 Å². The van der Waals surface area contributed by atoms with Gasteiger partial charge in [0.1, 0.15) is 5.82 Å². The lowest BCUT2D eigenvalue weighted by atomic mass is 9.86. The van der Waals surface area contributed by atoms with Crippen molar-refractivity contribution in [3.05, 3.63) is 39.7 Å². The van der Waals surface area contributed by atoms with Gasteiger partial charge in [-0.1, -0.05) is 17.8 Å². The molecule has 3 N–H and O–H groups in total. The molecule has 1 atom stereocenters. The number of anilines is 1. The van der Waals surface area contributed by atoms with Gasteiger partial charge in [-0.25, -0.2) is 4.98 Å². The number of amides is 1. The molecule has 1 aliphatic heterocycles. The fourth-order valence-electron chi connectivity index (χ4n) is 2.64. The maximum absolute atomic E-state index is 12.4. The summed E-state index contributed by atoms with van der Waals surface area (Å²) in [6.45, 7) is 0. The number of rotatable bonds is 3. The lowest BCUT2D eigenvalue weighted by Gasteiger charge is -2.24. The second kappa shape index (κ2) is 5.96. The summed E-state index contributed by atoms with van der Waals surface area (Å²) in [7, 11) is 1.44. The van der Waals surface area contributed by atoms with E-state index in [0.29, 0.717) is 22.0 Å². The normalized spacial score (nSPS) is 16.6. The zero-order valence-electron chi connectivity index (χ0n) is 12.5. The first-order chi connectivity index (χ1) is 11.0. The number of phenols is 1. The number of H-pyrrole nitrogens is 1. The fraction of sp³-hybridized carbons (Fsp3) is 0.267.